The van der Waals surface area contributed by atoms with E-state index in [0.29, 0.717) is 6.04 Å². The van der Waals surface area contributed by atoms with Gasteiger partial charge in [-0.2, -0.15) is 0 Å². The largest absolute Gasteiger partial charge is 0.329 e. The highest BCUT2D eigenvalue weighted by atomic mass is 15.0. The SMILES string of the molecule is C[C@H](CN)NC1CC1. The zero-order valence-corrected chi connectivity index (χ0v) is 5.35. The van der Waals surface area contributed by atoms with Crippen molar-refractivity contribution in [2.75, 3.05) is 6.54 Å². The Morgan fingerprint density at radius 3 is 2.75 bits per heavy atom. The Hall–Kier alpha value is -0.0800. The van der Waals surface area contributed by atoms with Crippen molar-refractivity contribution in [2.45, 2.75) is 31.8 Å². The van der Waals surface area contributed by atoms with Crippen LogP contribution in [0.5, 0.6) is 0 Å². The number of nitrogens with two attached hydrogens (primary N) is 1. The molecule has 0 aromatic carbocycles. The Kier molecular flexibility index (Phi) is 1.86. The first-order chi connectivity index (χ1) is 3.83. The molecule has 0 radical (unpaired) electrons. The second-order valence-corrected chi connectivity index (χ2v) is 2.58. The van der Waals surface area contributed by atoms with Gasteiger partial charge in [0.15, 0.2) is 0 Å². The van der Waals surface area contributed by atoms with Gasteiger partial charge in [0.2, 0.25) is 0 Å². The van der Waals surface area contributed by atoms with Gasteiger partial charge in [0.05, 0.1) is 0 Å². The molecule has 2 heteroatoms. The van der Waals surface area contributed by atoms with E-state index in [1.165, 1.54) is 12.8 Å². The molecule has 1 aliphatic rings. The Morgan fingerprint density at radius 2 is 2.38 bits per heavy atom. The quantitative estimate of drug-likeness (QED) is 0.545. The molecule has 0 aliphatic heterocycles. The summed E-state index contributed by atoms with van der Waals surface area (Å²) in [5, 5.41) is 3.38. The van der Waals surface area contributed by atoms with Crippen molar-refractivity contribution in [2.24, 2.45) is 5.73 Å². The van der Waals surface area contributed by atoms with E-state index in [1.807, 2.05) is 0 Å². The molecule has 0 heterocycles. The fourth-order valence-electron chi connectivity index (χ4n) is 0.720. The lowest BCUT2D eigenvalue weighted by molar-refractivity contribution is 0.553. The van der Waals surface area contributed by atoms with Crippen LogP contribution < -0.4 is 11.1 Å². The van der Waals surface area contributed by atoms with Gasteiger partial charge in [-0.3, -0.25) is 0 Å². The van der Waals surface area contributed by atoms with Gasteiger partial charge in [-0.25, -0.2) is 0 Å². The first-order valence-electron chi connectivity index (χ1n) is 3.29. The maximum absolute atomic E-state index is 5.39. The van der Waals surface area contributed by atoms with Crippen LogP contribution in [0, 0.1) is 0 Å². The molecule has 0 spiro atoms. The lowest BCUT2D eigenvalue weighted by Gasteiger charge is -2.08. The molecule has 3 N–H and O–H groups in total. The van der Waals surface area contributed by atoms with Crippen molar-refractivity contribution in [3.05, 3.63) is 0 Å². The van der Waals surface area contributed by atoms with E-state index >= 15 is 0 Å². The average Bonchev–Trinajstić information content (AvgIpc) is 2.50. The van der Waals surface area contributed by atoms with Crippen LogP contribution >= 0.6 is 0 Å². The Balaban J connectivity index is 1.98. The van der Waals surface area contributed by atoms with E-state index in [1.54, 1.807) is 0 Å². The van der Waals surface area contributed by atoms with Gasteiger partial charge in [-0.05, 0) is 19.8 Å². The molecule has 0 unspecified atom stereocenters. The minimum absolute atomic E-state index is 0.516. The van der Waals surface area contributed by atoms with Crippen molar-refractivity contribution >= 4 is 0 Å². The first kappa shape index (κ1) is 6.05. The number of nitrogens with one attached hydrogen (secondary N) is 1. The van der Waals surface area contributed by atoms with E-state index in [0.717, 1.165) is 12.6 Å². The summed E-state index contributed by atoms with van der Waals surface area (Å²) in [4.78, 5) is 0. The molecule has 0 bridgehead atoms. The third-order valence-corrected chi connectivity index (χ3v) is 1.45. The summed E-state index contributed by atoms with van der Waals surface area (Å²) in [6.45, 7) is 2.88. The second-order valence-electron chi connectivity index (χ2n) is 2.58. The van der Waals surface area contributed by atoms with Crippen LogP contribution in [-0.4, -0.2) is 18.6 Å². The van der Waals surface area contributed by atoms with Gasteiger partial charge in [-0.15, -0.1) is 0 Å². The van der Waals surface area contributed by atoms with Crippen molar-refractivity contribution in [3.63, 3.8) is 0 Å². The van der Waals surface area contributed by atoms with E-state index in [2.05, 4.69) is 12.2 Å². The summed E-state index contributed by atoms with van der Waals surface area (Å²) < 4.78 is 0. The lowest BCUT2D eigenvalue weighted by Crippen LogP contribution is -2.34. The van der Waals surface area contributed by atoms with E-state index in [4.69, 9.17) is 5.73 Å². The second kappa shape index (κ2) is 2.46. The van der Waals surface area contributed by atoms with Gasteiger partial charge in [0.25, 0.3) is 0 Å². The molecular formula is C6H14N2. The summed E-state index contributed by atoms with van der Waals surface area (Å²) in [7, 11) is 0. The molecule has 1 saturated carbocycles. The average molecular weight is 114 g/mol. The maximum atomic E-state index is 5.39. The van der Waals surface area contributed by atoms with E-state index < -0.39 is 0 Å². The topological polar surface area (TPSA) is 38.0 Å². The minimum atomic E-state index is 0.516. The number of hydrogen-bond acceptors (Lipinski definition) is 2. The summed E-state index contributed by atoms with van der Waals surface area (Å²) in [6, 6.07) is 1.32. The van der Waals surface area contributed by atoms with Crippen molar-refractivity contribution in [1.82, 2.24) is 5.32 Å². The maximum Gasteiger partial charge on any atom is 0.0164 e. The predicted molar refractivity (Wildman–Crippen MR) is 34.7 cm³/mol. The van der Waals surface area contributed by atoms with Gasteiger partial charge in [-0.1, -0.05) is 0 Å². The smallest absolute Gasteiger partial charge is 0.0164 e. The van der Waals surface area contributed by atoms with Crippen LogP contribution in [0.4, 0.5) is 0 Å². The molecule has 0 amide bonds. The van der Waals surface area contributed by atoms with E-state index in [-0.39, 0.29) is 0 Å². The molecule has 0 aromatic heterocycles. The summed E-state index contributed by atoms with van der Waals surface area (Å²) in [6.07, 6.45) is 2.70. The molecule has 2 nitrogen and oxygen atoms in total. The first-order valence-corrected chi connectivity index (χ1v) is 3.29. The van der Waals surface area contributed by atoms with Gasteiger partial charge in [0.1, 0.15) is 0 Å². The van der Waals surface area contributed by atoms with Crippen LogP contribution in [0.1, 0.15) is 19.8 Å². The highest BCUT2D eigenvalue weighted by molar-refractivity contribution is 4.83. The Labute approximate surface area is 50.4 Å². The van der Waals surface area contributed by atoms with Crippen molar-refractivity contribution in [3.8, 4) is 0 Å². The van der Waals surface area contributed by atoms with Crippen LogP contribution in [-0.2, 0) is 0 Å². The summed E-state index contributed by atoms with van der Waals surface area (Å²) in [5.41, 5.74) is 5.39. The third kappa shape index (κ3) is 1.80. The van der Waals surface area contributed by atoms with Crippen LogP contribution in [0.2, 0.25) is 0 Å². The summed E-state index contributed by atoms with van der Waals surface area (Å²) in [5.74, 6) is 0. The fraction of sp³-hybridized carbons (Fsp3) is 1.00. The highest BCUT2D eigenvalue weighted by Gasteiger charge is 2.21. The van der Waals surface area contributed by atoms with Crippen molar-refractivity contribution < 1.29 is 0 Å². The molecule has 1 aliphatic carbocycles. The molecule has 48 valence electrons. The third-order valence-electron chi connectivity index (χ3n) is 1.45. The predicted octanol–water partition coefficient (Wildman–Crippen LogP) is 0.0856. The van der Waals surface area contributed by atoms with Crippen LogP contribution in [0.25, 0.3) is 0 Å². The number of rotatable bonds is 3. The molecule has 0 aromatic rings. The van der Waals surface area contributed by atoms with Gasteiger partial charge < -0.3 is 11.1 Å². The van der Waals surface area contributed by atoms with Gasteiger partial charge in [0, 0.05) is 18.6 Å². The van der Waals surface area contributed by atoms with Crippen molar-refractivity contribution in [1.29, 1.82) is 0 Å². The molecule has 0 saturated heterocycles. The summed E-state index contributed by atoms with van der Waals surface area (Å²) >= 11 is 0. The zero-order valence-electron chi connectivity index (χ0n) is 5.35. The monoisotopic (exact) mass is 114 g/mol. The highest BCUT2D eigenvalue weighted by Crippen LogP contribution is 2.18. The molecule has 8 heavy (non-hydrogen) atoms. The molecule has 1 fully saturated rings. The van der Waals surface area contributed by atoms with E-state index in [9.17, 15) is 0 Å². The number of hydrogen-bond donors (Lipinski definition) is 2. The standard InChI is InChI=1S/C6H14N2/c1-5(4-7)8-6-2-3-6/h5-6,8H,2-4,7H2,1H3/t5-/m1/s1. The van der Waals surface area contributed by atoms with Crippen LogP contribution in [0.15, 0.2) is 0 Å². The fourth-order valence-corrected chi connectivity index (χ4v) is 0.720. The zero-order chi connectivity index (χ0) is 5.98. The van der Waals surface area contributed by atoms with Crippen LogP contribution in [0.3, 0.4) is 0 Å². The molecule has 1 atom stereocenters. The lowest BCUT2D eigenvalue weighted by atomic mass is 10.3. The normalized spacial score (nSPS) is 23.2. The Morgan fingerprint density at radius 1 is 1.75 bits per heavy atom. The minimum Gasteiger partial charge on any atom is -0.329 e. The van der Waals surface area contributed by atoms with Gasteiger partial charge >= 0.3 is 0 Å². The molecular weight excluding hydrogens is 100 g/mol. The molecule has 1 rings (SSSR count). The Bertz CT molecular complexity index is 68.9.